The molecule has 0 spiro atoms. The summed E-state index contributed by atoms with van der Waals surface area (Å²) < 4.78 is 0. The molecule has 0 unspecified atom stereocenters. The lowest BCUT2D eigenvalue weighted by Crippen LogP contribution is -2.41. The number of rotatable bonds is 4. The number of aryl methyl sites for hydroxylation is 3. The van der Waals surface area contributed by atoms with Crippen molar-refractivity contribution in [3.63, 3.8) is 0 Å². The zero-order valence-corrected chi connectivity index (χ0v) is 15.7. The van der Waals surface area contributed by atoms with Gasteiger partial charge in [0.1, 0.15) is 0 Å². The first kappa shape index (κ1) is 17.2. The fourth-order valence-corrected chi connectivity index (χ4v) is 4.68. The Balaban J connectivity index is 1.75. The van der Waals surface area contributed by atoms with Crippen molar-refractivity contribution in [3.8, 4) is 0 Å². The minimum Gasteiger partial charge on any atom is -0.324 e. The lowest BCUT2D eigenvalue weighted by molar-refractivity contribution is -0.121. The van der Waals surface area contributed by atoms with E-state index in [9.17, 15) is 4.79 Å². The van der Waals surface area contributed by atoms with Crippen molar-refractivity contribution in [2.75, 3.05) is 11.9 Å². The molecule has 0 aliphatic carbocycles. The third-order valence-electron chi connectivity index (χ3n) is 4.97. The summed E-state index contributed by atoms with van der Waals surface area (Å²) in [5, 5.41) is 5.29. The molecule has 0 saturated carbocycles. The van der Waals surface area contributed by atoms with Crippen LogP contribution in [0.2, 0.25) is 0 Å². The molecular formula is C20H26N2OS. The van der Waals surface area contributed by atoms with Gasteiger partial charge in [0, 0.05) is 16.6 Å². The molecule has 4 heteroatoms. The number of thiophene rings is 1. The number of nitrogens with one attached hydrogen (secondary N) is 1. The largest absolute Gasteiger partial charge is 0.324 e. The maximum Gasteiger partial charge on any atom is 0.241 e. The van der Waals surface area contributed by atoms with E-state index in [1.165, 1.54) is 10.4 Å². The minimum atomic E-state index is -0.125. The van der Waals surface area contributed by atoms with Crippen molar-refractivity contribution in [3.05, 3.63) is 51.2 Å². The summed E-state index contributed by atoms with van der Waals surface area (Å²) in [6, 6.07) is 8.78. The first-order valence-electron chi connectivity index (χ1n) is 8.65. The van der Waals surface area contributed by atoms with E-state index >= 15 is 0 Å². The predicted molar refractivity (Wildman–Crippen MR) is 102 cm³/mol. The van der Waals surface area contributed by atoms with Crippen LogP contribution >= 0.6 is 11.3 Å². The molecule has 1 saturated heterocycles. The number of carbonyl (C=O) groups is 1. The third kappa shape index (κ3) is 3.40. The number of nitrogens with zero attached hydrogens (tertiary/aromatic N) is 1. The van der Waals surface area contributed by atoms with E-state index in [-0.39, 0.29) is 11.9 Å². The maximum atomic E-state index is 12.9. The summed E-state index contributed by atoms with van der Waals surface area (Å²) in [6.07, 6.45) is 2.30. The highest BCUT2D eigenvalue weighted by atomic mass is 32.1. The Bertz CT molecular complexity index is 700. The van der Waals surface area contributed by atoms with Gasteiger partial charge < -0.3 is 5.32 Å². The number of benzene rings is 1. The van der Waals surface area contributed by atoms with Crippen LogP contribution < -0.4 is 5.32 Å². The monoisotopic (exact) mass is 342 g/mol. The van der Waals surface area contributed by atoms with E-state index < -0.39 is 0 Å². The fraction of sp³-hybridized carbons (Fsp3) is 0.450. The molecule has 1 amide bonds. The fourth-order valence-electron chi connectivity index (χ4n) is 3.79. The highest BCUT2D eigenvalue weighted by Crippen LogP contribution is 2.36. The Hall–Kier alpha value is -1.65. The molecule has 3 rings (SSSR count). The summed E-state index contributed by atoms with van der Waals surface area (Å²) in [5.74, 6) is 0.0912. The van der Waals surface area contributed by atoms with E-state index in [0.29, 0.717) is 6.04 Å². The van der Waals surface area contributed by atoms with Crippen LogP contribution in [0, 0.1) is 20.8 Å². The standard InChI is InChI=1S/C20H26N2OS/c1-13-11-14(2)19(15(3)12-13)21-20(23)16(4)22-9-5-7-17(22)18-8-6-10-24-18/h6,8,10-12,16-17H,5,7,9H2,1-4H3,(H,21,23)/t16-,17+/m0/s1. The Morgan fingerprint density at radius 1 is 1.29 bits per heavy atom. The zero-order chi connectivity index (χ0) is 17.3. The number of anilines is 1. The lowest BCUT2D eigenvalue weighted by atomic mass is 10.0. The lowest BCUT2D eigenvalue weighted by Gasteiger charge is -2.29. The molecule has 2 heterocycles. The molecule has 0 bridgehead atoms. The molecule has 2 aromatic rings. The van der Waals surface area contributed by atoms with Gasteiger partial charge in [-0.15, -0.1) is 11.3 Å². The van der Waals surface area contributed by atoms with Crippen molar-refractivity contribution in [1.29, 1.82) is 0 Å². The molecule has 1 aromatic carbocycles. The molecule has 1 N–H and O–H groups in total. The normalized spacial score (nSPS) is 19.4. The summed E-state index contributed by atoms with van der Waals surface area (Å²) in [7, 11) is 0. The van der Waals surface area contributed by atoms with Gasteiger partial charge in [-0.1, -0.05) is 23.8 Å². The zero-order valence-electron chi connectivity index (χ0n) is 14.9. The van der Waals surface area contributed by atoms with E-state index in [1.54, 1.807) is 11.3 Å². The Labute approximate surface area is 148 Å². The molecule has 1 aliphatic heterocycles. The van der Waals surface area contributed by atoms with Crippen LogP contribution in [0.25, 0.3) is 0 Å². The second kappa shape index (κ2) is 7.08. The molecule has 1 aromatic heterocycles. The predicted octanol–water partition coefficient (Wildman–Crippen LogP) is 4.84. The summed E-state index contributed by atoms with van der Waals surface area (Å²) in [4.78, 5) is 16.6. The highest BCUT2D eigenvalue weighted by molar-refractivity contribution is 7.10. The van der Waals surface area contributed by atoms with Crippen LogP contribution in [0.1, 0.15) is 47.4 Å². The van der Waals surface area contributed by atoms with Crippen molar-refractivity contribution >= 4 is 22.9 Å². The molecule has 1 aliphatic rings. The van der Waals surface area contributed by atoms with E-state index in [2.05, 4.69) is 60.6 Å². The summed E-state index contributed by atoms with van der Waals surface area (Å²) in [6.45, 7) is 9.22. The number of likely N-dealkylation sites (tertiary alicyclic amines) is 1. The van der Waals surface area contributed by atoms with Crippen LogP contribution in [-0.4, -0.2) is 23.4 Å². The minimum absolute atomic E-state index is 0.0912. The average molecular weight is 343 g/mol. The number of carbonyl (C=O) groups excluding carboxylic acids is 1. The average Bonchev–Trinajstić information content (AvgIpc) is 3.19. The van der Waals surface area contributed by atoms with E-state index in [0.717, 1.165) is 36.2 Å². The third-order valence-corrected chi connectivity index (χ3v) is 5.94. The number of hydrogen-bond acceptors (Lipinski definition) is 3. The van der Waals surface area contributed by atoms with Crippen molar-refractivity contribution in [1.82, 2.24) is 4.90 Å². The van der Waals surface area contributed by atoms with Crippen LogP contribution in [0.3, 0.4) is 0 Å². The molecular weight excluding hydrogens is 316 g/mol. The van der Waals surface area contributed by atoms with Crippen molar-refractivity contribution < 1.29 is 4.79 Å². The van der Waals surface area contributed by atoms with Crippen LogP contribution in [0.15, 0.2) is 29.6 Å². The Morgan fingerprint density at radius 3 is 2.62 bits per heavy atom. The van der Waals surface area contributed by atoms with E-state index in [4.69, 9.17) is 0 Å². The smallest absolute Gasteiger partial charge is 0.241 e. The van der Waals surface area contributed by atoms with Crippen LogP contribution in [0.5, 0.6) is 0 Å². The molecule has 0 radical (unpaired) electrons. The van der Waals surface area contributed by atoms with E-state index in [1.807, 2.05) is 6.92 Å². The molecule has 128 valence electrons. The van der Waals surface area contributed by atoms with Gasteiger partial charge in [-0.3, -0.25) is 9.69 Å². The summed E-state index contributed by atoms with van der Waals surface area (Å²) in [5.41, 5.74) is 4.45. The summed E-state index contributed by atoms with van der Waals surface area (Å²) >= 11 is 1.79. The van der Waals surface area contributed by atoms with Gasteiger partial charge in [-0.25, -0.2) is 0 Å². The molecule has 1 fully saturated rings. The van der Waals surface area contributed by atoms with Gasteiger partial charge in [0.25, 0.3) is 0 Å². The van der Waals surface area contributed by atoms with Crippen molar-refractivity contribution in [2.24, 2.45) is 0 Å². The van der Waals surface area contributed by atoms with Gasteiger partial charge >= 0.3 is 0 Å². The highest BCUT2D eigenvalue weighted by Gasteiger charge is 2.33. The molecule has 24 heavy (non-hydrogen) atoms. The maximum absolute atomic E-state index is 12.9. The molecule has 3 nitrogen and oxygen atoms in total. The first-order chi connectivity index (χ1) is 11.5. The SMILES string of the molecule is Cc1cc(C)c(NC(=O)[C@H](C)N2CCC[C@@H]2c2cccs2)c(C)c1. The van der Waals surface area contributed by atoms with Gasteiger partial charge in [-0.05, 0) is 69.7 Å². The van der Waals surface area contributed by atoms with Crippen molar-refractivity contribution in [2.45, 2.75) is 52.6 Å². The topological polar surface area (TPSA) is 32.3 Å². The van der Waals surface area contributed by atoms with Crippen LogP contribution in [0.4, 0.5) is 5.69 Å². The second-order valence-corrected chi connectivity index (χ2v) is 7.83. The van der Waals surface area contributed by atoms with Gasteiger partial charge in [0.2, 0.25) is 5.91 Å². The van der Waals surface area contributed by atoms with Gasteiger partial charge in [-0.2, -0.15) is 0 Å². The van der Waals surface area contributed by atoms with Crippen LogP contribution in [-0.2, 0) is 4.79 Å². The quantitative estimate of drug-likeness (QED) is 0.862. The van der Waals surface area contributed by atoms with Gasteiger partial charge in [0.15, 0.2) is 0 Å². The Kier molecular flexibility index (Phi) is 5.07. The second-order valence-electron chi connectivity index (χ2n) is 6.85. The first-order valence-corrected chi connectivity index (χ1v) is 9.53. The number of hydrogen-bond donors (Lipinski definition) is 1. The van der Waals surface area contributed by atoms with Gasteiger partial charge in [0.05, 0.1) is 6.04 Å². The number of amides is 1. The Morgan fingerprint density at radius 2 is 2.00 bits per heavy atom. The molecule has 2 atom stereocenters.